The predicted molar refractivity (Wildman–Crippen MR) is 152 cm³/mol. The van der Waals surface area contributed by atoms with Gasteiger partial charge in [0.2, 0.25) is 0 Å². The van der Waals surface area contributed by atoms with Gasteiger partial charge in [-0.05, 0) is 55.5 Å². The van der Waals surface area contributed by atoms with Crippen LogP contribution in [-0.4, -0.2) is 68.5 Å². The van der Waals surface area contributed by atoms with Crippen LogP contribution >= 0.6 is 0 Å². The van der Waals surface area contributed by atoms with Gasteiger partial charge in [0.05, 0.1) is 19.4 Å². The van der Waals surface area contributed by atoms with Crippen LogP contribution in [0.15, 0.2) is 48.5 Å². The smallest absolute Gasteiger partial charge is 0.274 e. The van der Waals surface area contributed by atoms with E-state index < -0.39 is 6.23 Å². The fourth-order valence-corrected chi connectivity index (χ4v) is 5.29. The number of aliphatic hydroxyl groups excluding tert-OH is 2. The summed E-state index contributed by atoms with van der Waals surface area (Å²) in [5.41, 5.74) is 4.78. The van der Waals surface area contributed by atoms with Crippen LogP contribution in [0.3, 0.4) is 0 Å². The Labute approximate surface area is 231 Å². The van der Waals surface area contributed by atoms with Crippen LogP contribution in [0, 0.1) is 6.92 Å². The molecule has 3 aromatic rings. The molecule has 0 aliphatic carbocycles. The summed E-state index contributed by atoms with van der Waals surface area (Å²) in [5, 5.41) is 26.7. The van der Waals surface area contributed by atoms with Gasteiger partial charge in [-0.2, -0.15) is 5.10 Å². The minimum Gasteiger partial charge on any atom is -0.497 e. The molecule has 2 atom stereocenters. The van der Waals surface area contributed by atoms with Crippen molar-refractivity contribution >= 4 is 5.91 Å². The minimum atomic E-state index is -0.996. The average molecular weight is 535 g/mol. The number of aryl methyl sites for hydroxylation is 1. The largest absolute Gasteiger partial charge is 0.497 e. The van der Waals surface area contributed by atoms with Crippen molar-refractivity contribution in [3.8, 4) is 11.4 Å². The Bertz CT molecular complexity index is 1250. The third kappa shape index (κ3) is 6.35. The molecule has 39 heavy (non-hydrogen) atoms. The van der Waals surface area contributed by atoms with Gasteiger partial charge in [0, 0.05) is 43.0 Å². The van der Waals surface area contributed by atoms with Gasteiger partial charge < -0.3 is 19.8 Å². The van der Waals surface area contributed by atoms with E-state index in [1.807, 2.05) is 53.1 Å². The number of aliphatic hydroxyl groups is 2. The molecule has 2 aromatic carbocycles. The molecule has 1 aliphatic rings. The number of hydrogen-bond acceptors (Lipinski definition) is 6. The van der Waals surface area contributed by atoms with Crippen molar-refractivity contribution in [2.45, 2.75) is 71.7 Å². The molecule has 4 rings (SSSR count). The number of ether oxygens (including phenoxy) is 1. The summed E-state index contributed by atoms with van der Waals surface area (Å²) in [6.45, 7) is 8.03. The van der Waals surface area contributed by atoms with Crippen LogP contribution in [-0.2, 0) is 13.0 Å². The summed E-state index contributed by atoms with van der Waals surface area (Å²) in [4.78, 5) is 17.3. The minimum absolute atomic E-state index is 0.0678. The second-order valence-electron chi connectivity index (χ2n) is 10.4. The van der Waals surface area contributed by atoms with Crippen molar-refractivity contribution in [3.63, 3.8) is 0 Å². The number of carbonyl (C=O) groups excluding carboxylic acids is 1. The van der Waals surface area contributed by atoms with E-state index >= 15 is 0 Å². The van der Waals surface area contributed by atoms with Crippen LogP contribution in [0.4, 0.5) is 0 Å². The molecule has 0 spiro atoms. The molecule has 0 bridgehead atoms. The van der Waals surface area contributed by atoms with Gasteiger partial charge in [-0.25, -0.2) is 4.68 Å². The standard InChI is InChI=1S/C31H42N4O4/c1-5-7-15-33(16-8-6-2)31(38)28-17-22(3)35(32-28)29-19-26(39-4)13-14-27(29)30(37)34-20-24-12-10-9-11-23(24)18-25(34)21-36/h9-14,17,19,25,30,36-37H,5-8,15-16,18,20-21H2,1-4H3/t25-,30?/m0/s1. The SMILES string of the molecule is CCCCN(CCCC)C(=O)c1cc(C)n(-c2cc(OC)ccc2C(O)N2Cc3ccccc3C[C@H]2CO)n1. The molecule has 0 fully saturated rings. The van der Waals surface area contributed by atoms with Gasteiger partial charge >= 0.3 is 0 Å². The van der Waals surface area contributed by atoms with Gasteiger partial charge in [-0.3, -0.25) is 9.69 Å². The first kappa shape index (κ1) is 28.8. The molecule has 2 heterocycles. The number of aromatic nitrogens is 2. The quantitative estimate of drug-likeness (QED) is 0.352. The number of methoxy groups -OCH3 is 1. The van der Waals surface area contributed by atoms with Crippen molar-refractivity contribution in [2.75, 3.05) is 26.8 Å². The number of fused-ring (bicyclic) bond motifs is 1. The normalized spacial score (nSPS) is 16.1. The molecule has 8 heteroatoms. The lowest BCUT2D eigenvalue weighted by Crippen LogP contribution is -2.45. The lowest BCUT2D eigenvalue weighted by atomic mass is 9.93. The number of amides is 1. The van der Waals surface area contributed by atoms with Crippen molar-refractivity contribution in [3.05, 3.63) is 76.6 Å². The molecule has 1 unspecified atom stereocenters. The zero-order valence-corrected chi connectivity index (χ0v) is 23.6. The fourth-order valence-electron chi connectivity index (χ4n) is 5.29. The highest BCUT2D eigenvalue weighted by molar-refractivity contribution is 5.92. The van der Waals surface area contributed by atoms with Crippen molar-refractivity contribution in [2.24, 2.45) is 0 Å². The molecule has 0 saturated heterocycles. The summed E-state index contributed by atoms with van der Waals surface area (Å²) in [5.74, 6) is 0.552. The second kappa shape index (κ2) is 13.2. The molecule has 2 N–H and O–H groups in total. The van der Waals surface area contributed by atoms with Crippen LogP contribution in [0.1, 0.15) is 78.6 Å². The van der Waals surface area contributed by atoms with E-state index in [4.69, 9.17) is 9.84 Å². The Morgan fingerprint density at radius 1 is 1.10 bits per heavy atom. The number of unbranched alkanes of at least 4 members (excludes halogenated alkanes) is 2. The molecule has 1 amide bonds. The molecule has 1 aromatic heterocycles. The Hall–Kier alpha value is -3.20. The van der Waals surface area contributed by atoms with E-state index in [1.165, 1.54) is 5.56 Å². The van der Waals surface area contributed by atoms with Gasteiger partial charge in [0.25, 0.3) is 5.91 Å². The molecular weight excluding hydrogens is 492 g/mol. The lowest BCUT2D eigenvalue weighted by Gasteiger charge is -2.39. The first-order valence-corrected chi connectivity index (χ1v) is 14.1. The van der Waals surface area contributed by atoms with E-state index in [0.29, 0.717) is 48.7 Å². The van der Waals surface area contributed by atoms with E-state index in [-0.39, 0.29) is 18.6 Å². The third-order valence-electron chi connectivity index (χ3n) is 7.62. The highest BCUT2D eigenvalue weighted by Gasteiger charge is 2.33. The summed E-state index contributed by atoms with van der Waals surface area (Å²) < 4.78 is 7.23. The van der Waals surface area contributed by atoms with Crippen molar-refractivity contribution < 1.29 is 19.7 Å². The number of benzene rings is 2. The van der Waals surface area contributed by atoms with E-state index in [1.54, 1.807) is 11.8 Å². The first-order chi connectivity index (χ1) is 18.9. The predicted octanol–water partition coefficient (Wildman–Crippen LogP) is 4.64. The second-order valence-corrected chi connectivity index (χ2v) is 10.4. The maximum Gasteiger partial charge on any atom is 0.274 e. The zero-order chi connectivity index (χ0) is 27.9. The highest BCUT2D eigenvalue weighted by atomic mass is 16.5. The average Bonchev–Trinajstić information content (AvgIpc) is 3.36. The number of hydrogen-bond donors (Lipinski definition) is 2. The number of rotatable bonds is 12. The molecule has 0 radical (unpaired) electrons. The van der Waals surface area contributed by atoms with Crippen molar-refractivity contribution in [1.29, 1.82) is 0 Å². The summed E-state index contributed by atoms with van der Waals surface area (Å²) in [6.07, 6.45) is 3.59. The third-order valence-corrected chi connectivity index (χ3v) is 7.62. The topological polar surface area (TPSA) is 91.1 Å². The summed E-state index contributed by atoms with van der Waals surface area (Å²) in [6, 6.07) is 15.2. The molecule has 1 aliphatic heterocycles. The zero-order valence-electron chi connectivity index (χ0n) is 23.6. The maximum absolute atomic E-state index is 13.5. The highest BCUT2D eigenvalue weighted by Crippen LogP contribution is 2.34. The van der Waals surface area contributed by atoms with Crippen LogP contribution in [0.5, 0.6) is 5.75 Å². The summed E-state index contributed by atoms with van der Waals surface area (Å²) in [7, 11) is 1.60. The van der Waals surface area contributed by atoms with Crippen LogP contribution in [0.2, 0.25) is 0 Å². The Balaban J connectivity index is 1.70. The monoisotopic (exact) mass is 534 g/mol. The van der Waals surface area contributed by atoms with E-state index in [2.05, 4.69) is 26.0 Å². The fraction of sp³-hybridized carbons (Fsp3) is 0.484. The van der Waals surface area contributed by atoms with Crippen LogP contribution in [0.25, 0.3) is 5.69 Å². The van der Waals surface area contributed by atoms with Gasteiger partial charge in [-0.1, -0.05) is 51.0 Å². The molecule has 8 nitrogen and oxygen atoms in total. The Morgan fingerprint density at radius 3 is 2.44 bits per heavy atom. The van der Waals surface area contributed by atoms with Crippen LogP contribution < -0.4 is 4.74 Å². The summed E-state index contributed by atoms with van der Waals surface area (Å²) >= 11 is 0. The maximum atomic E-state index is 13.5. The number of carbonyl (C=O) groups is 1. The molecule has 210 valence electrons. The van der Waals surface area contributed by atoms with Gasteiger partial charge in [0.15, 0.2) is 5.69 Å². The number of nitrogens with zero attached hydrogens (tertiary/aromatic N) is 4. The lowest BCUT2D eigenvalue weighted by molar-refractivity contribution is -0.0530. The van der Waals surface area contributed by atoms with Gasteiger partial charge in [-0.15, -0.1) is 0 Å². The molecular formula is C31H42N4O4. The van der Waals surface area contributed by atoms with Crippen molar-refractivity contribution in [1.82, 2.24) is 19.6 Å². The van der Waals surface area contributed by atoms with E-state index in [0.717, 1.165) is 36.9 Å². The Morgan fingerprint density at radius 2 is 1.79 bits per heavy atom. The first-order valence-electron chi connectivity index (χ1n) is 14.1. The Kier molecular flexibility index (Phi) is 9.78. The van der Waals surface area contributed by atoms with E-state index in [9.17, 15) is 15.0 Å². The molecule has 0 saturated carbocycles. The van der Waals surface area contributed by atoms with Gasteiger partial charge in [0.1, 0.15) is 12.0 Å².